The lowest BCUT2D eigenvalue weighted by Gasteiger charge is -2.05. The van der Waals surface area contributed by atoms with Gasteiger partial charge < -0.3 is 9.09 Å². The van der Waals surface area contributed by atoms with Crippen molar-refractivity contribution < 1.29 is 17.7 Å². The highest BCUT2D eigenvalue weighted by molar-refractivity contribution is 7.98. The van der Waals surface area contributed by atoms with E-state index in [-0.39, 0.29) is 5.16 Å². The molecule has 5 nitrogen and oxygen atoms in total. The quantitative estimate of drug-likeness (QED) is 0.807. The first kappa shape index (κ1) is 12.9. The zero-order chi connectivity index (χ0) is 13.3. The second kappa shape index (κ2) is 4.63. The maximum Gasteiger partial charge on any atom is 0.451 e. The number of nitrogens with zero attached hydrogens (tertiary/aromatic N) is 4. The summed E-state index contributed by atoms with van der Waals surface area (Å²) in [5, 5.41) is 10.5. The molecule has 0 aliphatic rings. The molecule has 2 heterocycles. The van der Waals surface area contributed by atoms with Crippen LogP contribution in [0.25, 0.3) is 0 Å². The van der Waals surface area contributed by atoms with Gasteiger partial charge >= 0.3 is 6.18 Å². The molecule has 9 heteroatoms. The summed E-state index contributed by atoms with van der Waals surface area (Å²) in [6, 6.07) is 1.72. The van der Waals surface area contributed by atoms with Crippen LogP contribution in [0.15, 0.2) is 15.7 Å². The minimum atomic E-state index is -4.50. The van der Waals surface area contributed by atoms with Crippen molar-refractivity contribution in [2.75, 3.05) is 0 Å². The molecule has 0 N–H and O–H groups in total. The highest BCUT2D eigenvalue weighted by Gasteiger charge is 2.37. The molecule has 2 aromatic rings. The molecule has 0 unspecified atom stereocenters. The SMILES string of the molecule is Cc1cc(CSc2nnc(C(F)(F)F)n2C)on1. The first-order valence-electron chi connectivity index (χ1n) is 4.89. The van der Waals surface area contributed by atoms with E-state index in [4.69, 9.17) is 4.52 Å². The van der Waals surface area contributed by atoms with Crippen LogP contribution >= 0.6 is 11.8 Å². The summed E-state index contributed by atoms with van der Waals surface area (Å²) in [6.07, 6.45) is -4.50. The largest absolute Gasteiger partial charge is 0.451 e. The number of hydrogen-bond donors (Lipinski definition) is 0. The summed E-state index contributed by atoms with van der Waals surface area (Å²) in [4.78, 5) is 0. The minimum Gasteiger partial charge on any atom is -0.360 e. The zero-order valence-electron chi connectivity index (χ0n) is 9.52. The second-order valence-corrected chi connectivity index (χ2v) is 4.53. The smallest absolute Gasteiger partial charge is 0.360 e. The Kier molecular flexibility index (Phi) is 3.33. The van der Waals surface area contributed by atoms with Gasteiger partial charge in [0.1, 0.15) is 5.76 Å². The van der Waals surface area contributed by atoms with Gasteiger partial charge in [-0.15, -0.1) is 10.2 Å². The van der Waals surface area contributed by atoms with Crippen LogP contribution in [-0.2, 0) is 19.0 Å². The normalized spacial score (nSPS) is 12.1. The van der Waals surface area contributed by atoms with Gasteiger partial charge in [0.05, 0.1) is 11.4 Å². The first-order chi connectivity index (χ1) is 8.38. The Morgan fingerprint density at radius 2 is 2.11 bits per heavy atom. The Morgan fingerprint density at radius 3 is 2.61 bits per heavy atom. The molecule has 0 aliphatic carbocycles. The van der Waals surface area contributed by atoms with Crippen molar-refractivity contribution in [3.8, 4) is 0 Å². The maximum absolute atomic E-state index is 12.5. The minimum absolute atomic E-state index is 0.177. The molecule has 0 saturated heterocycles. The molecule has 0 saturated carbocycles. The third-order valence-electron chi connectivity index (χ3n) is 2.11. The maximum atomic E-state index is 12.5. The predicted octanol–water partition coefficient (Wildman–Crippen LogP) is 2.42. The third-order valence-corrected chi connectivity index (χ3v) is 3.15. The topological polar surface area (TPSA) is 56.7 Å². The van der Waals surface area contributed by atoms with Crippen LogP contribution in [0.5, 0.6) is 0 Å². The van der Waals surface area contributed by atoms with Crippen LogP contribution in [0.2, 0.25) is 0 Å². The van der Waals surface area contributed by atoms with Crippen LogP contribution in [0, 0.1) is 6.92 Å². The van der Waals surface area contributed by atoms with Crippen molar-refractivity contribution in [2.45, 2.75) is 24.0 Å². The van der Waals surface area contributed by atoms with Gasteiger partial charge in [-0.2, -0.15) is 13.2 Å². The zero-order valence-corrected chi connectivity index (χ0v) is 10.3. The van der Waals surface area contributed by atoms with Gasteiger partial charge in [0.25, 0.3) is 0 Å². The standard InChI is InChI=1S/C9H9F3N4OS/c1-5-3-6(17-15-5)4-18-8-14-13-7(16(8)2)9(10,11)12/h3H,4H2,1-2H3. The third kappa shape index (κ3) is 2.66. The fourth-order valence-electron chi connectivity index (χ4n) is 1.31. The summed E-state index contributed by atoms with van der Waals surface area (Å²) in [5.41, 5.74) is 0.722. The van der Waals surface area contributed by atoms with Gasteiger partial charge in [0.15, 0.2) is 5.16 Å². The molecule has 0 fully saturated rings. The number of aromatic nitrogens is 4. The lowest BCUT2D eigenvalue weighted by Crippen LogP contribution is -2.12. The van der Waals surface area contributed by atoms with Gasteiger partial charge in [0, 0.05) is 13.1 Å². The molecule has 18 heavy (non-hydrogen) atoms. The van der Waals surface area contributed by atoms with Crippen molar-refractivity contribution in [1.82, 2.24) is 19.9 Å². The van der Waals surface area contributed by atoms with Gasteiger partial charge in [-0.05, 0) is 6.92 Å². The Balaban J connectivity index is 2.09. The van der Waals surface area contributed by atoms with Crippen molar-refractivity contribution in [2.24, 2.45) is 7.05 Å². The molecule has 0 bridgehead atoms. The van der Waals surface area contributed by atoms with Crippen LogP contribution in [0.4, 0.5) is 13.2 Å². The molecule has 0 atom stereocenters. The molecule has 0 amide bonds. The molecule has 0 spiro atoms. The van der Waals surface area contributed by atoms with Gasteiger partial charge in [-0.3, -0.25) is 0 Å². The van der Waals surface area contributed by atoms with Crippen molar-refractivity contribution in [3.05, 3.63) is 23.3 Å². The van der Waals surface area contributed by atoms with E-state index in [0.29, 0.717) is 11.5 Å². The van der Waals surface area contributed by atoms with Crippen LogP contribution < -0.4 is 0 Å². The summed E-state index contributed by atoms with van der Waals surface area (Å²) in [6.45, 7) is 1.77. The molecule has 0 radical (unpaired) electrons. The Labute approximate surface area is 104 Å². The van der Waals surface area contributed by atoms with E-state index < -0.39 is 12.0 Å². The number of halogens is 3. The average Bonchev–Trinajstić information content (AvgIpc) is 2.81. The van der Waals surface area contributed by atoms with E-state index in [1.807, 2.05) is 0 Å². The Morgan fingerprint density at radius 1 is 1.39 bits per heavy atom. The van der Waals surface area contributed by atoms with Gasteiger partial charge in [0.2, 0.25) is 5.82 Å². The number of alkyl halides is 3. The number of rotatable bonds is 3. The van der Waals surface area contributed by atoms with Crippen LogP contribution in [0.3, 0.4) is 0 Å². The lowest BCUT2D eigenvalue weighted by atomic mass is 10.4. The number of hydrogen-bond acceptors (Lipinski definition) is 5. The fourth-order valence-corrected chi connectivity index (χ4v) is 2.09. The fraction of sp³-hybridized carbons (Fsp3) is 0.444. The van der Waals surface area contributed by atoms with E-state index in [1.54, 1.807) is 13.0 Å². The van der Waals surface area contributed by atoms with E-state index >= 15 is 0 Å². The Bertz CT molecular complexity index is 548. The first-order valence-corrected chi connectivity index (χ1v) is 5.88. The number of thioether (sulfide) groups is 1. The molecular weight excluding hydrogens is 269 g/mol. The van der Waals surface area contributed by atoms with Gasteiger partial charge in [-0.25, -0.2) is 0 Å². The molecule has 2 aromatic heterocycles. The van der Waals surface area contributed by atoms with E-state index in [9.17, 15) is 13.2 Å². The monoisotopic (exact) mass is 278 g/mol. The Hall–Kier alpha value is -1.51. The van der Waals surface area contributed by atoms with Crippen molar-refractivity contribution in [3.63, 3.8) is 0 Å². The number of aryl methyl sites for hydroxylation is 1. The summed E-state index contributed by atoms with van der Waals surface area (Å²) < 4.78 is 43.3. The molecule has 0 aliphatic heterocycles. The van der Waals surface area contributed by atoms with E-state index in [2.05, 4.69) is 15.4 Å². The molecule has 2 rings (SSSR count). The van der Waals surface area contributed by atoms with Crippen molar-refractivity contribution >= 4 is 11.8 Å². The predicted molar refractivity (Wildman–Crippen MR) is 56.8 cm³/mol. The summed E-state index contributed by atoms with van der Waals surface area (Å²) in [5.74, 6) is -0.0854. The summed E-state index contributed by atoms with van der Waals surface area (Å²) >= 11 is 1.11. The molecule has 98 valence electrons. The lowest BCUT2D eigenvalue weighted by molar-refractivity contribution is -0.147. The summed E-state index contributed by atoms with van der Waals surface area (Å²) in [7, 11) is 1.27. The highest BCUT2D eigenvalue weighted by atomic mass is 32.2. The average molecular weight is 278 g/mol. The van der Waals surface area contributed by atoms with E-state index in [1.165, 1.54) is 7.05 Å². The highest BCUT2D eigenvalue weighted by Crippen LogP contribution is 2.30. The molecule has 0 aromatic carbocycles. The van der Waals surface area contributed by atoms with Crippen LogP contribution in [-0.4, -0.2) is 19.9 Å². The van der Waals surface area contributed by atoms with Crippen molar-refractivity contribution in [1.29, 1.82) is 0 Å². The molecular formula is C9H9F3N4OS. The van der Waals surface area contributed by atoms with E-state index in [0.717, 1.165) is 22.0 Å². The van der Waals surface area contributed by atoms with Gasteiger partial charge in [-0.1, -0.05) is 16.9 Å². The second-order valence-electron chi connectivity index (χ2n) is 3.59. The van der Waals surface area contributed by atoms with Crippen LogP contribution in [0.1, 0.15) is 17.3 Å².